The van der Waals surface area contributed by atoms with Crippen molar-refractivity contribution in [3.63, 3.8) is 0 Å². The van der Waals surface area contributed by atoms with Crippen LogP contribution >= 0.6 is 11.3 Å². The monoisotopic (exact) mass is 365 g/mol. The van der Waals surface area contributed by atoms with Crippen molar-refractivity contribution in [2.24, 2.45) is 0 Å². The van der Waals surface area contributed by atoms with Crippen molar-refractivity contribution in [1.29, 1.82) is 0 Å². The first kappa shape index (κ1) is 17.2. The molecule has 2 aromatic heterocycles. The van der Waals surface area contributed by atoms with Crippen LogP contribution in [0.2, 0.25) is 0 Å². The predicted octanol–water partition coefficient (Wildman–Crippen LogP) is 3.90. The van der Waals surface area contributed by atoms with Gasteiger partial charge in [0.2, 0.25) is 0 Å². The Balaban J connectivity index is 1.31. The molecule has 0 aliphatic heterocycles. The Kier molecular flexibility index (Phi) is 5.27. The third-order valence-corrected chi connectivity index (χ3v) is 5.86. The summed E-state index contributed by atoms with van der Waals surface area (Å²) in [5.41, 5.74) is 5.12. The van der Waals surface area contributed by atoms with E-state index < -0.39 is 0 Å². The van der Waals surface area contributed by atoms with Crippen LogP contribution in [0.15, 0.2) is 48.1 Å². The van der Waals surface area contributed by atoms with Gasteiger partial charge in [0.1, 0.15) is 10.8 Å². The number of methoxy groups -OCH3 is 1. The Morgan fingerprint density at radius 3 is 3.08 bits per heavy atom. The summed E-state index contributed by atoms with van der Waals surface area (Å²) in [6.45, 7) is 0.959. The van der Waals surface area contributed by atoms with E-state index in [1.54, 1.807) is 24.6 Å². The van der Waals surface area contributed by atoms with Crippen molar-refractivity contribution in [1.82, 2.24) is 15.3 Å². The van der Waals surface area contributed by atoms with Gasteiger partial charge in [-0.1, -0.05) is 6.07 Å². The second kappa shape index (κ2) is 7.98. The quantitative estimate of drug-likeness (QED) is 0.720. The summed E-state index contributed by atoms with van der Waals surface area (Å²) in [5, 5.41) is 6.91. The van der Waals surface area contributed by atoms with Crippen molar-refractivity contribution < 1.29 is 4.74 Å². The van der Waals surface area contributed by atoms with Gasteiger partial charge in [0, 0.05) is 42.3 Å². The SMILES string of the molecule is COc1ccc2c(c1)CC(NCCc1csc(-c3cccnc3)n1)CC2. The smallest absolute Gasteiger partial charge is 0.125 e. The Morgan fingerprint density at radius 1 is 1.27 bits per heavy atom. The maximum atomic E-state index is 5.36. The zero-order valence-electron chi connectivity index (χ0n) is 14.9. The van der Waals surface area contributed by atoms with Crippen LogP contribution in [0.25, 0.3) is 10.6 Å². The molecule has 2 heterocycles. The van der Waals surface area contributed by atoms with Crippen LogP contribution in [0.4, 0.5) is 0 Å². The van der Waals surface area contributed by atoms with Crippen molar-refractivity contribution in [3.05, 3.63) is 64.9 Å². The van der Waals surface area contributed by atoms with Crippen molar-refractivity contribution in [2.75, 3.05) is 13.7 Å². The summed E-state index contributed by atoms with van der Waals surface area (Å²) >= 11 is 1.69. The number of pyridine rings is 1. The lowest BCUT2D eigenvalue weighted by molar-refractivity contribution is 0.411. The van der Waals surface area contributed by atoms with Gasteiger partial charge in [0.15, 0.2) is 0 Å². The van der Waals surface area contributed by atoms with Crippen LogP contribution in [0.1, 0.15) is 23.2 Å². The minimum absolute atomic E-state index is 0.533. The van der Waals surface area contributed by atoms with Crippen LogP contribution in [0.5, 0.6) is 5.75 Å². The first-order chi connectivity index (χ1) is 12.8. The third-order valence-electron chi connectivity index (χ3n) is 4.92. The average Bonchev–Trinajstić information content (AvgIpc) is 3.17. The number of fused-ring (bicyclic) bond motifs is 1. The fourth-order valence-corrected chi connectivity index (χ4v) is 4.33. The zero-order chi connectivity index (χ0) is 17.8. The van der Waals surface area contributed by atoms with E-state index in [4.69, 9.17) is 9.72 Å². The van der Waals surface area contributed by atoms with Crippen molar-refractivity contribution in [3.8, 4) is 16.3 Å². The molecule has 134 valence electrons. The number of nitrogens with zero attached hydrogens (tertiary/aromatic N) is 2. The summed E-state index contributed by atoms with van der Waals surface area (Å²) in [6.07, 6.45) is 8.02. The summed E-state index contributed by atoms with van der Waals surface area (Å²) < 4.78 is 5.36. The van der Waals surface area contributed by atoms with Crippen LogP contribution in [-0.2, 0) is 19.3 Å². The molecule has 0 saturated heterocycles. The lowest BCUT2D eigenvalue weighted by atomic mass is 9.88. The molecule has 1 N–H and O–H groups in total. The maximum absolute atomic E-state index is 5.36. The standard InChI is InChI=1S/C21H23N3OS/c1-25-20-7-5-15-4-6-18(11-17(15)12-20)23-10-8-19-14-26-21(24-19)16-3-2-9-22-13-16/h2-3,5,7,9,12-14,18,23H,4,6,8,10-11H2,1H3. The van der Waals surface area contributed by atoms with Crippen LogP contribution in [0, 0.1) is 0 Å². The minimum Gasteiger partial charge on any atom is -0.497 e. The second-order valence-corrected chi connectivity index (χ2v) is 7.52. The van der Waals surface area contributed by atoms with Gasteiger partial charge in [-0.05, 0) is 54.7 Å². The fourth-order valence-electron chi connectivity index (χ4n) is 3.48. The lowest BCUT2D eigenvalue weighted by Gasteiger charge is -2.26. The molecule has 1 aromatic carbocycles. The van der Waals surface area contributed by atoms with Crippen molar-refractivity contribution in [2.45, 2.75) is 31.7 Å². The number of hydrogen-bond donors (Lipinski definition) is 1. The number of benzene rings is 1. The number of hydrogen-bond acceptors (Lipinski definition) is 5. The molecular weight excluding hydrogens is 342 g/mol. The van der Waals surface area contributed by atoms with E-state index in [9.17, 15) is 0 Å². The molecule has 0 saturated carbocycles. The first-order valence-electron chi connectivity index (χ1n) is 9.06. The molecule has 1 aliphatic carbocycles. The summed E-state index contributed by atoms with van der Waals surface area (Å²) in [7, 11) is 1.73. The van der Waals surface area contributed by atoms with Crippen molar-refractivity contribution >= 4 is 11.3 Å². The van der Waals surface area contributed by atoms with E-state index >= 15 is 0 Å². The van der Waals surface area contributed by atoms with E-state index in [0.717, 1.165) is 47.8 Å². The molecule has 0 radical (unpaired) electrons. The van der Waals surface area contributed by atoms with Gasteiger partial charge in [-0.25, -0.2) is 4.98 Å². The van der Waals surface area contributed by atoms with Gasteiger partial charge < -0.3 is 10.1 Å². The van der Waals surface area contributed by atoms with Crippen LogP contribution < -0.4 is 10.1 Å². The topological polar surface area (TPSA) is 47.0 Å². The second-order valence-electron chi connectivity index (χ2n) is 6.66. The molecule has 1 aliphatic rings. The summed E-state index contributed by atoms with van der Waals surface area (Å²) in [5.74, 6) is 0.954. The molecule has 3 aromatic rings. The molecule has 1 atom stereocenters. The highest BCUT2D eigenvalue weighted by Crippen LogP contribution is 2.26. The van der Waals surface area contributed by atoms with Crippen LogP contribution in [0.3, 0.4) is 0 Å². The molecule has 0 spiro atoms. The van der Waals surface area contributed by atoms with E-state index in [1.807, 2.05) is 12.3 Å². The highest BCUT2D eigenvalue weighted by molar-refractivity contribution is 7.13. The normalized spacial score (nSPS) is 16.3. The predicted molar refractivity (Wildman–Crippen MR) is 106 cm³/mol. The molecule has 0 bridgehead atoms. The molecule has 1 unspecified atom stereocenters. The molecule has 4 rings (SSSR count). The number of thiazole rings is 1. The molecule has 0 amide bonds. The Hall–Kier alpha value is -2.24. The summed E-state index contributed by atoms with van der Waals surface area (Å²) in [6, 6.07) is 11.0. The number of ether oxygens (including phenoxy) is 1. The average molecular weight is 366 g/mol. The van der Waals surface area contributed by atoms with Gasteiger partial charge in [-0.3, -0.25) is 4.98 Å². The highest BCUT2D eigenvalue weighted by Gasteiger charge is 2.18. The fraction of sp³-hybridized carbons (Fsp3) is 0.333. The highest BCUT2D eigenvalue weighted by atomic mass is 32.1. The zero-order valence-corrected chi connectivity index (χ0v) is 15.8. The number of rotatable bonds is 6. The summed E-state index contributed by atoms with van der Waals surface area (Å²) in [4.78, 5) is 8.91. The maximum Gasteiger partial charge on any atom is 0.125 e. The van der Waals surface area contributed by atoms with Crippen LogP contribution in [-0.4, -0.2) is 29.7 Å². The molecule has 4 nitrogen and oxygen atoms in total. The van der Waals surface area contributed by atoms with E-state index in [2.05, 4.69) is 39.9 Å². The number of aromatic nitrogens is 2. The number of nitrogens with one attached hydrogen (secondary N) is 1. The van der Waals surface area contributed by atoms with Gasteiger partial charge in [0.05, 0.1) is 12.8 Å². The van der Waals surface area contributed by atoms with E-state index in [0.29, 0.717) is 6.04 Å². The van der Waals surface area contributed by atoms with E-state index in [-0.39, 0.29) is 0 Å². The molecular formula is C21H23N3OS. The van der Waals surface area contributed by atoms with E-state index in [1.165, 1.54) is 17.5 Å². The number of aryl methyl sites for hydroxylation is 1. The Labute approximate surface area is 158 Å². The Bertz CT molecular complexity index is 863. The van der Waals surface area contributed by atoms with Gasteiger partial charge >= 0.3 is 0 Å². The molecule has 0 fully saturated rings. The first-order valence-corrected chi connectivity index (χ1v) is 9.94. The lowest BCUT2D eigenvalue weighted by Crippen LogP contribution is -2.35. The molecule has 26 heavy (non-hydrogen) atoms. The van der Waals surface area contributed by atoms with Gasteiger partial charge in [-0.2, -0.15) is 0 Å². The Morgan fingerprint density at radius 2 is 2.23 bits per heavy atom. The molecule has 5 heteroatoms. The van der Waals surface area contributed by atoms with Gasteiger partial charge in [-0.15, -0.1) is 11.3 Å². The third kappa shape index (κ3) is 3.94. The minimum atomic E-state index is 0.533. The van der Waals surface area contributed by atoms with Gasteiger partial charge in [0.25, 0.3) is 0 Å². The largest absolute Gasteiger partial charge is 0.497 e.